The van der Waals surface area contributed by atoms with Crippen molar-refractivity contribution in [1.29, 1.82) is 0 Å². The van der Waals surface area contributed by atoms with E-state index in [1.807, 2.05) is 19.1 Å². The van der Waals surface area contributed by atoms with Crippen LogP contribution in [0.1, 0.15) is 12.5 Å². The molecule has 0 aliphatic carbocycles. The van der Waals surface area contributed by atoms with Gasteiger partial charge in [-0.1, -0.05) is 6.07 Å². The molecule has 0 unspecified atom stereocenters. The van der Waals surface area contributed by atoms with Gasteiger partial charge >= 0.3 is 0 Å². The summed E-state index contributed by atoms with van der Waals surface area (Å²) in [6, 6.07) is 11.6. The summed E-state index contributed by atoms with van der Waals surface area (Å²) >= 11 is 0. The number of nitrogens with one attached hydrogen (secondary N) is 1. The van der Waals surface area contributed by atoms with Crippen LogP contribution in [0.25, 0.3) is 0 Å². The Balaban J connectivity index is 2.04. The van der Waals surface area contributed by atoms with Crippen molar-refractivity contribution in [1.82, 2.24) is 4.72 Å². The Morgan fingerprint density at radius 2 is 1.83 bits per heavy atom. The lowest BCUT2D eigenvalue weighted by atomic mass is 10.1. The summed E-state index contributed by atoms with van der Waals surface area (Å²) in [6.07, 6.45) is 0.507. The third kappa shape index (κ3) is 4.62. The van der Waals surface area contributed by atoms with Crippen molar-refractivity contribution in [2.45, 2.75) is 18.2 Å². The summed E-state index contributed by atoms with van der Waals surface area (Å²) in [5, 5.41) is 0. The number of sulfonamides is 1. The van der Waals surface area contributed by atoms with Gasteiger partial charge in [0.25, 0.3) is 0 Å². The van der Waals surface area contributed by atoms with E-state index in [-0.39, 0.29) is 11.4 Å². The molecule has 0 fully saturated rings. The largest absolute Gasteiger partial charge is 0.497 e. The van der Waals surface area contributed by atoms with Gasteiger partial charge in [0.2, 0.25) is 10.0 Å². The van der Waals surface area contributed by atoms with Gasteiger partial charge in [0.05, 0.1) is 18.6 Å². The summed E-state index contributed by atoms with van der Waals surface area (Å²) < 4.78 is 37.8. The van der Waals surface area contributed by atoms with Gasteiger partial charge in [0.1, 0.15) is 11.5 Å². The maximum absolute atomic E-state index is 12.2. The minimum Gasteiger partial charge on any atom is -0.497 e. The molecule has 2 aromatic rings. The van der Waals surface area contributed by atoms with E-state index in [0.717, 1.165) is 5.56 Å². The van der Waals surface area contributed by atoms with Gasteiger partial charge in [-0.3, -0.25) is 0 Å². The van der Waals surface area contributed by atoms with E-state index in [1.165, 1.54) is 12.1 Å². The summed E-state index contributed by atoms with van der Waals surface area (Å²) in [4.78, 5) is 0.191. The molecule has 0 heterocycles. The van der Waals surface area contributed by atoms with Gasteiger partial charge in [-0.2, -0.15) is 0 Å². The van der Waals surface area contributed by atoms with E-state index in [4.69, 9.17) is 15.2 Å². The number of anilines is 1. The molecule has 0 aliphatic heterocycles. The van der Waals surface area contributed by atoms with E-state index < -0.39 is 10.0 Å². The summed E-state index contributed by atoms with van der Waals surface area (Å²) in [7, 11) is -1.97. The third-order valence-corrected chi connectivity index (χ3v) is 4.93. The van der Waals surface area contributed by atoms with Gasteiger partial charge < -0.3 is 15.2 Å². The number of benzene rings is 2. The standard InChI is InChI=1S/C17H22N2O4S/c1-3-23-17-12-15(22-2)7-4-13(17)10-11-19-24(20,21)16-8-5-14(18)6-9-16/h4-9,12,19H,3,10-11,18H2,1-2H3. The number of hydrogen-bond acceptors (Lipinski definition) is 5. The fourth-order valence-corrected chi connectivity index (χ4v) is 3.24. The zero-order valence-electron chi connectivity index (χ0n) is 13.8. The van der Waals surface area contributed by atoms with Crippen molar-refractivity contribution < 1.29 is 17.9 Å². The zero-order valence-corrected chi connectivity index (χ0v) is 14.6. The van der Waals surface area contributed by atoms with Crippen LogP contribution in [0.2, 0.25) is 0 Å². The molecular formula is C17H22N2O4S. The van der Waals surface area contributed by atoms with E-state index in [1.54, 1.807) is 25.3 Å². The molecule has 0 saturated carbocycles. The smallest absolute Gasteiger partial charge is 0.240 e. The monoisotopic (exact) mass is 350 g/mol. The van der Waals surface area contributed by atoms with Crippen molar-refractivity contribution in [3.63, 3.8) is 0 Å². The Morgan fingerprint density at radius 3 is 2.46 bits per heavy atom. The minimum atomic E-state index is -3.56. The molecule has 7 heteroatoms. The molecule has 0 aromatic heterocycles. The minimum absolute atomic E-state index is 0.191. The number of nitrogens with two attached hydrogens (primary N) is 1. The third-order valence-electron chi connectivity index (χ3n) is 3.45. The average Bonchev–Trinajstić information content (AvgIpc) is 2.56. The second-order valence-electron chi connectivity index (χ2n) is 5.12. The number of ether oxygens (including phenoxy) is 2. The second kappa shape index (κ2) is 8.03. The maximum Gasteiger partial charge on any atom is 0.240 e. The van der Waals surface area contributed by atoms with Crippen molar-refractivity contribution in [2.24, 2.45) is 0 Å². The normalized spacial score (nSPS) is 11.2. The first-order valence-electron chi connectivity index (χ1n) is 7.61. The lowest BCUT2D eigenvalue weighted by Crippen LogP contribution is -2.26. The van der Waals surface area contributed by atoms with Crippen LogP contribution in [0.4, 0.5) is 5.69 Å². The molecule has 2 rings (SSSR count). The first-order valence-corrected chi connectivity index (χ1v) is 9.09. The maximum atomic E-state index is 12.2. The number of methoxy groups -OCH3 is 1. The molecule has 0 saturated heterocycles. The summed E-state index contributed by atoms with van der Waals surface area (Å²) in [5.74, 6) is 1.40. The van der Waals surface area contributed by atoms with Crippen LogP contribution in [-0.2, 0) is 16.4 Å². The fraction of sp³-hybridized carbons (Fsp3) is 0.294. The SMILES string of the molecule is CCOc1cc(OC)ccc1CCNS(=O)(=O)c1ccc(N)cc1. The average molecular weight is 350 g/mol. The predicted octanol–water partition coefficient (Wildman–Crippen LogP) is 2.20. The molecular weight excluding hydrogens is 328 g/mol. The Kier molecular flexibility index (Phi) is 6.05. The lowest BCUT2D eigenvalue weighted by molar-refractivity contribution is 0.332. The topological polar surface area (TPSA) is 90.6 Å². The van der Waals surface area contributed by atoms with Crippen molar-refractivity contribution in [3.8, 4) is 11.5 Å². The van der Waals surface area contributed by atoms with Crippen LogP contribution >= 0.6 is 0 Å². The predicted molar refractivity (Wildman–Crippen MR) is 93.9 cm³/mol. The van der Waals surface area contributed by atoms with E-state index in [0.29, 0.717) is 30.2 Å². The Bertz CT molecular complexity index is 774. The van der Waals surface area contributed by atoms with Crippen LogP contribution in [-0.4, -0.2) is 28.7 Å². The highest BCUT2D eigenvalue weighted by Crippen LogP contribution is 2.25. The Hall–Kier alpha value is -2.25. The van der Waals surface area contributed by atoms with Crippen molar-refractivity contribution in [3.05, 3.63) is 48.0 Å². The highest BCUT2D eigenvalue weighted by Gasteiger charge is 2.14. The van der Waals surface area contributed by atoms with Crippen molar-refractivity contribution in [2.75, 3.05) is 26.0 Å². The molecule has 0 aliphatic rings. The molecule has 6 nitrogen and oxygen atoms in total. The molecule has 0 amide bonds. The number of nitrogen functional groups attached to an aromatic ring is 1. The molecule has 0 bridgehead atoms. The first-order chi connectivity index (χ1) is 11.5. The molecule has 0 atom stereocenters. The van der Waals surface area contributed by atoms with E-state index in [9.17, 15) is 8.42 Å². The fourth-order valence-electron chi connectivity index (χ4n) is 2.21. The Labute approximate surface area is 142 Å². The summed E-state index contributed by atoms with van der Waals surface area (Å²) in [5.41, 5.74) is 7.01. The second-order valence-corrected chi connectivity index (χ2v) is 6.89. The van der Waals surface area contributed by atoms with E-state index in [2.05, 4.69) is 4.72 Å². The van der Waals surface area contributed by atoms with Gasteiger partial charge in [-0.05, 0) is 49.2 Å². The molecule has 2 aromatic carbocycles. The first kappa shape index (κ1) is 18.1. The van der Waals surface area contributed by atoms with Crippen LogP contribution in [0.15, 0.2) is 47.4 Å². The van der Waals surface area contributed by atoms with Crippen molar-refractivity contribution >= 4 is 15.7 Å². The molecule has 130 valence electrons. The van der Waals surface area contributed by atoms with Gasteiger partial charge in [-0.25, -0.2) is 13.1 Å². The molecule has 24 heavy (non-hydrogen) atoms. The quantitative estimate of drug-likeness (QED) is 0.712. The van der Waals surface area contributed by atoms with Gasteiger partial charge in [0.15, 0.2) is 0 Å². The lowest BCUT2D eigenvalue weighted by Gasteiger charge is -2.12. The zero-order chi connectivity index (χ0) is 17.6. The van der Waals surface area contributed by atoms with Crippen LogP contribution < -0.4 is 19.9 Å². The molecule has 0 radical (unpaired) electrons. The molecule has 0 spiro atoms. The van der Waals surface area contributed by atoms with Gasteiger partial charge in [0, 0.05) is 18.3 Å². The number of rotatable bonds is 8. The Morgan fingerprint density at radius 1 is 1.12 bits per heavy atom. The number of hydrogen-bond donors (Lipinski definition) is 2. The van der Waals surface area contributed by atoms with E-state index >= 15 is 0 Å². The van der Waals surface area contributed by atoms with Crippen LogP contribution in [0, 0.1) is 0 Å². The van der Waals surface area contributed by atoms with Gasteiger partial charge in [-0.15, -0.1) is 0 Å². The van der Waals surface area contributed by atoms with Crippen LogP contribution in [0.3, 0.4) is 0 Å². The van der Waals surface area contributed by atoms with Crippen LogP contribution in [0.5, 0.6) is 11.5 Å². The highest BCUT2D eigenvalue weighted by atomic mass is 32.2. The highest BCUT2D eigenvalue weighted by molar-refractivity contribution is 7.89. The summed E-state index contributed by atoms with van der Waals surface area (Å²) in [6.45, 7) is 2.68. The molecule has 3 N–H and O–H groups in total.